The van der Waals surface area contributed by atoms with Crippen LogP contribution in [0.25, 0.3) is 0 Å². The molecule has 1 aromatic carbocycles. The zero-order valence-corrected chi connectivity index (χ0v) is 23.8. The van der Waals surface area contributed by atoms with E-state index in [0.29, 0.717) is 12.8 Å². The molecule has 6 nitrogen and oxygen atoms in total. The zero-order chi connectivity index (χ0) is 15.1. The van der Waals surface area contributed by atoms with E-state index in [0.717, 1.165) is 12.8 Å². The molecule has 0 heterocycles. The molecule has 1 aromatic rings. The van der Waals surface area contributed by atoms with Crippen LogP contribution >= 0.6 is 0 Å². The van der Waals surface area contributed by atoms with Crippen molar-refractivity contribution in [3.8, 4) is 0 Å². The van der Waals surface area contributed by atoms with Crippen molar-refractivity contribution in [3.63, 3.8) is 0 Å². The van der Waals surface area contributed by atoms with Gasteiger partial charge in [-0.25, -0.2) is 0 Å². The van der Waals surface area contributed by atoms with Gasteiger partial charge in [-0.15, -0.1) is 0 Å². The number of aliphatic carboxylic acids is 2. The molecule has 24 heavy (non-hydrogen) atoms. The molecule has 0 aliphatic carbocycles. The summed E-state index contributed by atoms with van der Waals surface area (Å²) in [7, 11) is 0. The Bertz CT molecular complexity index is 334. The summed E-state index contributed by atoms with van der Waals surface area (Å²) in [6.07, 6.45) is 2.05. The minimum absolute atomic E-state index is 0. The second-order valence-electron chi connectivity index (χ2n) is 3.94. The number of carbonyl (C=O) groups is 2. The molecule has 0 spiro atoms. The molecule has 0 fully saturated rings. The van der Waals surface area contributed by atoms with Crippen LogP contribution in [-0.2, 0) is 79.0 Å². The fourth-order valence-corrected chi connectivity index (χ4v) is 0.962. The van der Waals surface area contributed by atoms with Crippen LogP contribution in [0, 0.1) is 6.92 Å². The van der Waals surface area contributed by atoms with Crippen LogP contribution in [0.15, 0.2) is 30.3 Å². The molecule has 124 valence electrons. The van der Waals surface area contributed by atoms with Gasteiger partial charge in [-0.2, -0.15) is 0 Å². The molecular weight excluding hydrogens is 472 g/mol. The van der Waals surface area contributed by atoms with Crippen LogP contribution in [0.5, 0.6) is 0 Å². The van der Waals surface area contributed by atoms with Gasteiger partial charge in [0.2, 0.25) is 0 Å². The predicted octanol–water partition coefficient (Wildman–Crippen LogP) is 3.49. The summed E-state index contributed by atoms with van der Waals surface area (Å²) >= 11 is 0. The third-order valence-corrected chi connectivity index (χ3v) is 1.87. The van der Waals surface area contributed by atoms with Crippen LogP contribution in [0.3, 0.4) is 0 Å². The maximum atomic E-state index is 9.60. The SMILES string of the molecule is CCCC(=O)O.CCCC(=O)O.Cc1ccccc1.[O-2].[O-2].[Zn+2].[Zn+2].[Zn+2]. The van der Waals surface area contributed by atoms with Crippen molar-refractivity contribution in [1.82, 2.24) is 0 Å². The minimum atomic E-state index is -0.711. The molecule has 0 radical (unpaired) electrons. The van der Waals surface area contributed by atoms with Gasteiger partial charge in [-0.05, 0) is 19.8 Å². The van der Waals surface area contributed by atoms with Gasteiger partial charge < -0.3 is 21.2 Å². The molecule has 0 saturated carbocycles. The Morgan fingerprint density at radius 1 is 0.792 bits per heavy atom. The fraction of sp³-hybridized carbons (Fsp3) is 0.467. The molecular formula is C15H24O6Zn3+2. The monoisotopic (exact) mass is 492 g/mol. The Kier molecular flexibility index (Phi) is 62.8. The zero-order valence-electron chi connectivity index (χ0n) is 14.9. The number of benzene rings is 1. The van der Waals surface area contributed by atoms with Gasteiger partial charge in [0.1, 0.15) is 0 Å². The number of carboxylic acids is 2. The largest absolute Gasteiger partial charge is 2.00 e. The normalized spacial score (nSPS) is 6.62. The molecule has 1 rings (SSSR count). The predicted molar refractivity (Wildman–Crippen MR) is 77.6 cm³/mol. The average molecular weight is 497 g/mol. The van der Waals surface area contributed by atoms with Gasteiger partial charge >= 0.3 is 70.4 Å². The van der Waals surface area contributed by atoms with E-state index in [1.165, 1.54) is 5.56 Å². The van der Waals surface area contributed by atoms with Crippen molar-refractivity contribution in [2.24, 2.45) is 0 Å². The molecule has 0 bridgehead atoms. The molecule has 0 amide bonds. The summed E-state index contributed by atoms with van der Waals surface area (Å²) in [5, 5.41) is 15.8. The van der Waals surface area contributed by atoms with Crippen LogP contribution in [0.2, 0.25) is 0 Å². The average Bonchev–Trinajstić information content (AvgIpc) is 2.31. The molecule has 0 atom stereocenters. The Morgan fingerprint density at radius 2 is 1.08 bits per heavy atom. The molecule has 0 aliphatic heterocycles. The van der Waals surface area contributed by atoms with Crippen LogP contribution in [-0.4, -0.2) is 22.2 Å². The second kappa shape index (κ2) is 34.3. The van der Waals surface area contributed by atoms with Gasteiger partial charge in [0.15, 0.2) is 0 Å². The van der Waals surface area contributed by atoms with Gasteiger partial charge in [-0.3, -0.25) is 9.59 Å². The maximum absolute atomic E-state index is 9.60. The van der Waals surface area contributed by atoms with Crippen LogP contribution < -0.4 is 0 Å². The Labute approximate surface area is 182 Å². The first kappa shape index (κ1) is 43.9. The number of hydrogen-bond donors (Lipinski definition) is 2. The van der Waals surface area contributed by atoms with E-state index in [4.69, 9.17) is 10.2 Å². The topological polar surface area (TPSA) is 132 Å². The first-order chi connectivity index (χ1) is 8.93. The summed E-state index contributed by atoms with van der Waals surface area (Å²) in [5.41, 5.74) is 1.32. The van der Waals surface area contributed by atoms with Gasteiger partial charge in [0.25, 0.3) is 0 Å². The molecule has 0 saturated heterocycles. The fourth-order valence-electron chi connectivity index (χ4n) is 0.962. The first-order valence-electron chi connectivity index (χ1n) is 6.39. The van der Waals surface area contributed by atoms with E-state index in [1.54, 1.807) is 0 Å². The summed E-state index contributed by atoms with van der Waals surface area (Å²) in [6, 6.07) is 10.3. The Balaban J connectivity index is -0.0000000329. The molecule has 0 aliphatic rings. The number of rotatable bonds is 4. The summed E-state index contributed by atoms with van der Waals surface area (Å²) < 4.78 is 0. The summed E-state index contributed by atoms with van der Waals surface area (Å²) in [6.45, 7) is 5.77. The van der Waals surface area contributed by atoms with Gasteiger partial charge in [-0.1, -0.05) is 49.7 Å². The van der Waals surface area contributed by atoms with Crippen molar-refractivity contribution in [2.45, 2.75) is 46.5 Å². The molecule has 0 unspecified atom stereocenters. The third kappa shape index (κ3) is 49.5. The molecule has 9 heteroatoms. The summed E-state index contributed by atoms with van der Waals surface area (Å²) in [4.78, 5) is 19.2. The van der Waals surface area contributed by atoms with E-state index in [1.807, 2.05) is 32.0 Å². The number of hydrogen-bond acceptors (Lipinski definition) is 2. The third-order valence-electron chi connectivity index (χ3n) is 1.87. The van der Waals surface area contributed by atoms with Gasteiger partial charge in [0.05, 0.1) is 0 Å². The van der Waals surface area contributed by atoms with Crippen molar-refractivity contribution in [1.29, 1.82) is 0 Å². The van der Waals surface area contributed by atoms with E-state index in [2.05, 4.69) is 19.1 Å². The quantitative estimate of drug-likeness (QED) is 0.618. The standard InChI is InChI=1S/C7H8.2C4H8O2.2O.3Zn/c1-7-5-3-2-4-6-7;2*1-2-3-4(5)6;;;;;/h2-6H,1H3;2*2-3H2,1H3,(H,5,6);;;;;/q;;;2*-2;3*+2. The number of carboxylic acid groups (broad SMARTS) is 2. The molecule has 2 N–H and O–H groups in total. The number of aryl methyl sites for hydroxylation is 1. The Hall–Kier alpha value is -0.0499. The van der Waals surface area contributed by atoms with Gasteiger partial charge in [0, 0.05) is 12.8 Å². The van der Waals surface area contributed by atoms with E-state index < -0.39 is 11.9 Å². The Morgan fingerprint density at radius 3 is 1.17 bits per heavy atom. The second-order valence-corrected chi connectivity index (χ2v) is 3.94. The van der Waals surface area contributed by atoms with Crippen molar-refractivity contribution in [2.75, 3.05) is 0 Å². The first-order valence-corrected chi connectivity index (χ1v) is 6.39. The minimum Gasteiger partial charge on any atom is -2.00 e. The van der Waals surface area contributed by atoms with Crippen molar-refractivity contribution < 1.29 is 89.2 Å². The van der Waals surface area contributed by atoms with E-state index in [9.17, 15) is 9.59 Å². The summed E-state index contributed by atoms with van der Waals surface area (Å²) in [5.74, 6) is -1.42. The smallest absolute Gasteiger partial charge is 2.00 e. The van der Waals surface area contributed by atoms with E-state index in [-0.39, 0.29) is 69.4 Å². The van der Waals surface area contributed by atoms with Crippen LogP contribution in [0.1, 0.15) is 45.1 Å². The molecule has 0 aromatic heterocycles. The van der Waals surface area contributed by atoms with E-state index >= 15 is 0 Å². The van der Waals surface area contributed by atoms with Crippen molar-refractivity contribution >= 4 is 11.9 Å². The maximum Gasteiger partial charge on any atom is 2.00 e. The van der Waals surface area contributed by atoms with Crippen molar-refractivity contribution in [3.05, 3.63) is 35.9 Å². The van der Waals surface area contributed by atoms with Crippen LogP contribution in [0.4, 0.5) is 0 Å².